The molecule has 4 aliphatic rings. The van der Waals surface area contributed by atoms with E-state index in [9.17, 15) is 24.6 Å². The average molecular weight is 420 g/mol. The fraction of sp³-hybridized carbons (Fsp3) is 0.696. The normalized spacial score (nSPS) is 47.1. The molecule has 8 atom stereocenters. The molecule has 0 spiro atoms. The number of ether oxygens (including phenoxy) is 1. The maximum atomic E-state index is 17.0. The van der Waals surface area contributed by atoms with Crippen LogP contribution >= 0.6 is 0 Å². The summed E-state index contributed by atoms with van der Waals surface area (Å²) in [5, 5.41) is 20.7. The van der Waals surface area contributed by atoms with Gasteiger partial charge in [-0.3, -0.25) is 14.4 Å². The van der Waals surface area contributed by atoms with Gasteiger partial charge in [-0.2, -0.15) is 0 Å². The molecule has 0 heterocycles. The van der Waals surface area contributed by atoms with Crippen molar-refractivity contribution >= 4 is 17.5 Å². The van der Waals surface area contributed by atoms with Crippen molar-refractivity contribution in [3.8, 4) is 0 Å². The Morgan fingerprint density at radius 3 is 2.63 bits per heavy atom. The predicted octanol–water partition coefficient (Wildman–Crippen LogP) is 1.93. The molecule has 8 unspecified atom stereocenters. The minimum absolute atomic E-state index is 0.000770. The molecule has 0 saturated heterocycles. The van der Waals surface area contributed by atoms with Crippen molar-refractivity contribution in [2.75, 3.05) is 13.7 Å². The van der Waals surface area contributed by atoms with Crippen molar-refractivity contribution < 1.29 is 33.7 Å². The number of Topliss-reactive ketones (excluding diaryl/α,β-unsaturated/α-hetero) is 1. The van der Waals surface area contributed by atoms with E-state index in [0.29, 0.717) is 18.4 Å². The van der Waals surface area contributed by atoms with Crippen LogP contribution in [0.3, 0.4) is 0 Å². The van der Waals surface area contributed by atoms with E-state index in [2.05, 4.69) is 0 Å². The van der Waals surface area contributed by atoms with E-state index < -0.39 is 58.7 Å². The first-order valence-corrected chi connectivity index (χ1v) is 10.6. The summed E-state index contributed by atoms with van der Waals surface area (Å²) >= 11 is 0. The number of allylic oxidation sites excluding steroid dienone is 4. The number of ketones is 2. The maximum absolute atomic E-state index is 17.0. The second-order valence-electron chi connectivity index (χ2n) is 9.82. The van der Waals surface area contributed by atoms with E-state index in [0.717, 1.165) is 0 Å². The molecule has 164 valence electrons. The Hall–Kier alpha value is -1.86. The molecule has 4 aliphatic carbocycles. The SMILES string of the molecule is COC(=O)C1CC2C3CCC4=CC(=O)C=CC4(C)C3(F)C(O)CC2(C)C1C(=O)CO. The van der Waals surface area contributed by atoms with Crippen molar-refractivity contribution in [2.45, 2.75) is 51.3 Å². The summed E-state index contributed by atoms with van der Waals surface area (Å²) in [6.07, 6.45) is 4.25. The molecule has 0 amide bonds. The third kappa shape index (κ3) is 2.51. The molecule has 30 heavy (non-hydrogen) atoms. The molecule has 0 aromatic heterocycles. The van der Waals surface area contributed by atoms with Crippen molar-refractivity contribution in [1.82, 2.24) is 0 Å². The molecule has 0 radical (unpaired) electrons. The number of methoxy groups -OCH3 is 1. The Labute approximate surface area is 175 Å². The molecule has 0 aromatic rings. The Morgan fingerprint density at radius 1 is 1.30 bits per heavy atom. The van der Waals surface area contributed by atoms with E-state index in [-0.39, 0.29) is 24.5 Å². The number of carbonyl (C=O) groups is 3. The topological polar surface area (TPSA) is 101 Å². The first-order valence-electron chi connectivity index (χ1n) is 10.6. The minimum atomic E-state index is -2.02. The monoisotopic (exact) mass is 420 g/mol. The molecule has 3 fully saturated rings. The van der Waals surface area contributed by atoms with Crippen molar-refractivity contribution in [2.24, 2.45) is 34.5 Å². The molecular formula is C23H29FO6. The van der Waals surface area contributed by atoms with Gasteiger partial charge in [-0.25, -0.2) is 4.39 Å². The lowest BCUT2D eigenvalue weighted by Crippen LogP contribution is -2.66. The Bertz CT molecular complexity index is 864. The molecular weight excluding hydrogens is 391 g/mol. The van der Waals surface area contributed by atoms with Crippen LogP contribution in [-0.4, -0.2) is 53.2 Å². The van der Waals surface area contributed by atoms with Crippen LogP contribution in [0, 0.1) is 34.5 Å². The number of halogens is 1. The van der Waals surface area contributed by atoms with Gasteiger partial charge in [0.25, 0.3) is 0 Å². The standard InChI is InChI=1S/C23H29FO6/c1-21-10-18(28)23(24)15(5-4-12-8-13(26)6-7-22(12,23)2)16(21)9-14(20(29)30-3)19(21)17(27)11-25/h6-8,14-16,18-19,25,28H,4-5,9-11H2,1-3H3. The summed E-state index contributed by atoms with van der Waals surface area (Å²) in [7, 11) is 1.25. The quantitative estimate of drug-likeness (QED) is 0.677. The summed E-state index contributed by atoms with van der Waals surface area (Å²) in [5.41, 5.74) is -3.29. The van der Waals surface area contributed by atoms with Crippen LogP contribution in [-0.2, 0) is 19.1 Å². The third-order valence-corrected chi connectivity index (χ3v) is 8.70. The van der Waals surface area contributed by atoms with Crippen LogP contribution in [0.15, 0.2) is 23.8 Å². The van der Waals surface area contributed by atoms with Gasteiger partial charge in [-0.15, -0.1) is 0 Å². The van der Waals surface area contributed by atoms with E-state index in [4.69, 9.17) is 4.74 Å². The van der Waals surface area contributed by atoms with Crippen molar-refractivity contribution in [3.63, 3.8) is 0 Å². The molecule has 7 heteroatoms. The number of rotatable bonds is 3. The van der Waals surface area contributed by atoms with Crippen LogP contribution in [0.2, 0.25) is 0 Å². The van der Waals surface area contributed by atoms with Crippen molar-refractivity contribution in [1.29, 1.82) is 0 Å². The molecule has 4 rings (SSSR count). The highest BCUT2D eigenvalue weighted by Crippen LogP contribution is 2.69. The van der Waals surface area contributed by atoms with Crippen LogP contribution < -0.4 is 0 Å². The third-order valence-electron chi connectivity index (χ3n) is 8.70. The van der Waals surface area contributed by atoms with Crippen LogP contribution in [0.1, 0.15) is 39.5 Å². The average Bonchev–Trinajstić information content (AvgIpc) is 3.01. The molecule has 0 aromatic carbocycles. The lowest BCUT2D eigenvalue weighted by molar-refractivity contribution is -0.196. The molecule has 0 aliphatic heterocycles. The zero-order valence-corrected chi connectivity index (χ0v) is 17.6. The second-order valence-corrected chi connectivity index (χ2v) is 9.82. The number of alkyl halides is 1. The summed E-state index contributed by atoms with van der Waals surface area (Å²) in [4.78, 5) is 37.1. The highest BCUT2D eigenvalue weighted by molar-refractivity contribution is 6.01. The molecule has 0 bridgehead atoms. The number of aliphatic hydroxyl groups excluding tert-OH is 2. The van der Waals surface area contributed by atoms with Gasteiger partial charge in [0.2, 0.25) is 0 Å². The fourth-order valence-electron chi connectivity index (χ4n) is 7.34. The number of aliphatic hydroxyl groups is 2. The first kappa shape index (κ1) is 21.4. The van der Waals surface area contributed by atoms with Gasteiger partial charge >= 0.3 is 5.97 Å². The second kappa shape index (κ2) is 6.82. The number of esters is 1. The van der Waals surface area contributed by atoms with Gasteiger partial charge in [0.15, 0.2) is 17.2 Å². The van der Waals surface area contributed by atoms with Crippen LogP contribution in [0.5, 0.6) is 0 Å². The Morgan fingerprint density at radius 2 is 2.00 bits per heavy atom. The predicted molar refractivity (Wildman–Crippen MR) is 105 cm³/mol. The lowest BCUT2D eigenvalue weighted by Gasteiger charge is -2.61. The lowest BCUT2D eigenvalue weighted by atomic mass is 9.45. The largest absolute Gasteiger partial charge is 0.469 e. The van der Waals surface area contributed by atoms with Crippen molar-refractivity contribution in [3.05, 3.63) is 23.8 Å². The van der Waals surface area contributed by atoms with Crippen LogP contribution in [0.4, 0.5) is 4.39 Å². The number of carbonyl (C=O) groups excluding carboxylic acids is 3. The van der Waals surface area contributed by atoms with E-state index in [1.165, 1.54) is 19.3 Å². The van der Waals surface area contributed by atoms with Crippen LogP contribution in [0.25, 0.3) is 0 Å². The summed E-state index contributed by atoms with van der Waals surface area (Å²) in [6.45, 7) is 2.84. The highest BCUT2D eigenvalue weighted by atomic mass is 19.1. The number of hydrogen-bond donors (Lipinski definition) is 2. The van der Waals surface area contributed by atoms with Gasteiger partial charge in [0.1, 0.15) is 6.61 Å². The first-order chi connectivity index (χ1) is 14.0. The smallest absolute Gasteiger partial charge is 0.309 e. The van der Waals surface area contributed by atoms with E-state index in [1.807, 2.05) is 6.92 Å². The Kier molecular flexibility index (Phi) is 4.86. The Balaban J connectivity index is 1.82. The zero-order valence-electron chi connectivity index (χ0n) is 17.6. The van der Waals surface area contributed by atoms with Gasteiger partial charge < -0.3 is 14.9 Å². The van der Waals surface area contributed by atoms with Gasteiger partial charge in [0.05, 0.1) is 19.1 Å². The fourth-order valence-corrected chi connectivity index (χ4v) is 7.34. The number of fused-ring (bicyclic) bond motifs is 5. The molecule has 3 saturated carbocycles. The maximum Gasteiger partial charge on any atom is 0.309 e. The molecule has 2 N–H and O–H groups in total. The van der Waals surface area contributed by atoms with Gasteiger partial charge in [-0.1, -0.05) is 18.6 Å². The summed E-state index contributed by atoms with van der Waals surface area (Å²) in [6, 6.07) is 0. The number of hydrogen-bond acceptors (Lipinski definition) is 6. The minimum Gasteiger partial charge on any atom is -0.469 e. The highest BCUT2D eigenvalue weighted by Gasteiger charge is 2.72. The zero-order chi connectivity index (χ0) is 22.1. The van der Waals surface area contributed by atoms with E-state index in [1.54, 1.807) is 13.0 Å². The summed E-state index contributed by atoms with van der Waals surface area (Å²) in [5.74, 6) is -3.71. The van der Waals surface area contributed by atoms with Gasteiger partial charge in [0, 0.05) is 17.3 Å². The molecule has 6 nitrogen and oxygen atoms in total. The summed E-state index contributed by atoms with van der Waals surface area (Å²) < 4.78 is 21.9. The van der Waals surface area contributed by atoms with E-state index >= 15 is 4.39 Å². The van der Waals surface area contributed by atoms with Gasteiger partial charge in [-0.05, 0) is 56.1 Å².